The largest absolute Gasteiger partial charge is 0.543 e. The van der Waals surface area contributed by atoms with Crippen LogP contribution in [0.4, 0.5) is 0 Å². The standard InChI is InChI=1S/C39H45N3O3Si/c1-39(2,3)46(5,6)45-31-21-22-32-33-24-34(38(43)40-25-27-13-9-7-10-14-27)41-36(37(33)42(4)35(32)23-31)29-17-19-30(20-18-29)44-26-28-15-11-8-12-16-28/h7-23,34,36,41H,24-26H2,1-6H3,(H,40,43). The third-order valence-electron chi connectivity index (χ3n) is 9.64. The van der Waals surface area contributed by atoms with Crippen LogP contribution >= 0.6 is 0 Å². The van der Waals surface area contributed by atoms with Gasteiger partial charge in [0.15, 0.2) is 0 Å². The van der Waals surface area contributed by atoms with Crippen LogP contribution in [-0.4, -0.2) is 24.8 Å². The monoisotopic (exact) mass is 631 g/mol. The van der Waals surface area contributed by atoms with Crippen LogP contribution in [0.15, 0.2) is 103 Å². The molecule has 5 aromatic rings. The molecule has 0 bridgehead atoms. The van der Waals surface area contributed by atoms with E-state index in [-0.39, 0.29) is 23.0 Å². The molecule has 7 heteroatoms. The maximum atomic E-state index is 13.7. The van der Waals surface area contributed by atoms with Gasteiger partial charge in [-0.05, 0) is 71.1 Å². The van der Waals surface area contributed by atoms with Crippen LogP contribution in [0.5, 0.6) is 11.5 Å². The Bertz CT molecular complexity index is 1810. The first-order valence-corrected chi connectivity index (χ1v) is 19.1. The number of rotatable bonds is 9. The van der Waals surface area contributed by atoms with Gasteiger partial charge < -0.3 is 19.0 Å². The van der Waals surface area contributed by atoms with Gasteiger partial charge in [0.05, 0.1) is 17.6 Å². The first-order valence-electron chi connectivity index (χ1n) is 16.1. The highest BCUT2D eigenvalue weighted by Gasteiger charge is 2.39. The van der Waals surface area contributed by atoms with Crippen molar-refractivity contribution >= 4 is 25.1 Å². The van der Waals surface area contributed by atoms with Gasteiger partial charge in [-0.25, -0.2) is 0 Å². The van der Waals surface area contributed by atoms with E-state index < -0.39 is 8.32 Å². The highest BCUT2D eigenvalue weighted by Crippen LogP contribution is 2.41. The zero-order valence-corrected chi connectivity index (χ0v) is 28.8. The molecule has 2 unspecified atom stereocenters. The summed E-state index contributed by atoms with van der Waals surface area (Å²) < 4.78 is 15.1. The fraction of sp³-hybridized carbons (Fsp3) is 0.308. The first kappa shape index (κ1) is 31.6. The molecule has 0 spiro atoms. The van der Waals surface area contributed by atoms with Crippen molar-refractivity contribution in [1.29, 1.82) is 0 Å². The lowest BCUT2D eigenvalue weighted by atomic mass is 9.89. The summed E-state index contributed by atoms with van der Waals surface area (Å²) in [6, 6.07) is 34.4. The number of carbonyl (C=O) groups excluding carboxylic acids is 1. The summed E-state index contributed by atoms with van der Waals surface area (Å²) in [5.74, 6) is 1.71. The van der Waals surface area contributed by atoms with Crippen molar-refractivity contribution in [3.8, 4) is 11.5 Å². The Hall–Kier alpha value is -4.33. The minimum atomic E-state index is -2.01. The van der Waals surface area contributed by atoms with Gasteiger partial charge in [0.1, 0.15) is 18.1 Å². The van der Waals surface area contributed by atoms with Crippen molar-refractivity contribution < 1.29 is 14.0 Å². The van der Waals surface area contributed by atoms with E-state index in [4.69, 9.17) is 9.16 Å². The molecule has 2 N–H and O–H groups in total. The molecule has 1 aliphatic rings. The van der Waals surface area contributed by atoms with Crippen LogP contribution in [0, 0.1) is 0 Å². The Morgan fingerprint density at radius 3 is 2.17 bits per heavy atom. The van der Waals surface area contributed by atoms with E-state index in [1.807, 2.05) is 60.7 Å². The van der Waals surface area contributed by atoms with Crippen LogP contribution in [0.3, 0.4) is 0 Å². The van der Waals surface area contributed by atoms with Crippen molar-refractivity contribution in [2.45, 2.75) is 70.6 Å². The summed E-state index contributed by atoms with van der Waals surface area (Å²) in [6.07, 6.45) is 0.602. The lowest BCUT2D eigenvalue weighted by Crippen LogP contribution is -2.50. The number of hydrogen-bond acceptors (Lipinski definition) is 4. The van der Waals surface area contributed by atoms with Crippen molar-refractivity contribution in [3.63, 3.8) is 0 Å². The Morgan fingerprint density at radius 1 is 0.891 bits per heavy atom. The summed E-state index contributed by atoms with van der Waals surface area (Å²) in [5, 5.41) is 8.15. The third-order valence-corrected chi connectivity index (χ3v) is 14.0. The van der Waals surface area contributed by atoms with Gasteiger partial charge in [0, 0.05) is 30.7 Å². The second-order valence-electron chi connectivity index (χ2n) is 13.9. The molecule has 2 atom stereocenters. The molecule has 1 amide bonds. The number of ether oxygens (including phenoxy) is 1. The lowest BCUT2D eigenvalue weighted by molar-refractivity contribution is -0.123. The summed E-state index contributed by atoms with van der Waals surface area (Å²) in [5.41, 5.74) is 6.77. The second kappa shape index (κ2) is 12.8. The van der Waals surface area contributed by atoms with E-state index in [9.17, 15) is 4.79 Å². The number of aromatic nitrogens is 1. The molecule has 0 saturated carbocycles. The molecule has 0 aliphatic carbocycles. The van der Waals surface area contributed by atoms with Gasteiger partial charge in [-0.1, -0.05) is 93.6 Å². The highest BCUT2D eigenvalue weighted by molar-refractivity contribution is 6.74. The van der Waals surface area contributed by atoms with Crippen molar-refractivity contribution in [3.05, 3.63) is 131 Å². The summed E-state index contributed by atoms with van der Waals surface area (Å²) >= 11 is 0. The maximum Gasteiger partial charge on any atom is 0.250 e. The van der Waals surface area contributed by atoms with Gasteiger partial charge >= 0.3 is 0 Å². The van der Waals surface area contributed by atoms with E-state index in [0.29, 0.717) is 19.6 Å². The molecule has 46 heavy (non-hydrogen) atoms. The van der Waals surface area contributed by atoms with E-state index in [0.717, 1.165) is 39.1 Å². The van der Waals surface area contributed by atoms with Gasteiger partial charge in [0.25, 0.3) is 0 Å². The fourth-order valence-corrected chi connectivity index (χ4v) is 7.00. The summed E-state index contributed by atoms with van der Waals surface area (Å²) in [4.78, 5) is 13.7. The molecule has 0 fully saturated rings. The lowest BCUT2D eigenvalue weighted by Gasteiger charge is -2.36. The molecule has 238 valence electrons. The molecule has 6 nitrogen and oxygen atoms in total. The maximum absolute atomic E-state index is 13.7. The SMILES string of the molecule is Cn1c2c(c3ccc(O[Si](C)(C)C(C)(C)C)cc31)CC(C(=O)NCc1ccccc1)NC2c1ccc(OCc2ccccc2)cc1. The Kier molecular flexibility index (Phi) is 8.81. The molecule has 0 radical (unpaired) electrons. The zero-order valence-electron chi connectivity index (χ0n) is 27.8. The molecule has 6 rings (SSSR count). The van der Waals surface area contributed by atoms with Crippen LogP contribution in [0.1, 0.15) is 54.8 Å². The van der Waals surface area contributed by atoms with Crippen LogP contribution < -0.4 is 19.8 Å². The quantitative estimate of drug-likeness (QED) is 0.162. The Balaban J connectivity index is 1.32. The molecule has 1 aromatic heterocycles. The number of hydrogen-bond donors (Lipinski definition) is 2. The number of nitrogens with zero attached hydrogens (tertiary/aromatic N) is 1. The molecular weight excluding hydrogens is 587 g/mol. The minimum Gasteiger partial charge on any atom is -0.543 e. The molecule has 2 heterocycles. The van der Waals surface area contributed by atoms with Crippen LogP contribution in [-0.2, 0) is 31.4 Å². The molecular formula is C39H45N3O3Si. The predicted octanol–water partition coefficient (Wildman–Crippen LogP) is 8.06. The first-order chi connectivity index (χ1) is 22.0. The van der Waals surface area contributed by atoms with Crippen LogP contribution in [0.2, 0.25) is 18.1 Å². The van der Waals surface area contributed by atoms with Crippen molar-refractivity contribution in [2.24, 2.45) is 7.05 Å². The van der Waals surface area contributed by atoms with E-state index in [2.05, 4.69) is 98.6 Å². The predicted molar refractivity (Wildman–Crippen MR) is 189 cm³/mol. The highest BCUT2D eigenvalue weighted by atomic mass is 28.4. The number of benzene rings is 4. The Morgan fingerprint density at radius 2 is 1.52 bits per heavy atom. The number of fused-ring (bicyclic) bond motifs is 3. The minimum absolute atomic E-state index is 0.00259. The molecule has 0 saturated heterocycles. The van der Waals surface area contributed by atoms with Gasteiger partial charge in [0.2, 0.25) is 14.2 Å². The summed E-state index contributed by atoms with van der Waals surface area (Å²) in [7, 11) is 0.113. The van der Waals surface area contributed by atoms with E-state index in [1.54, 1.807) is 0 Å². The fourth-order valence-electron chi connectivity index (χ4n) is 5.98. The zero-order chi connectivity index (χ0) is 32.5. The van der Waals surface area contributed by atoms with Gasteiger partial charge in [-0.15, -0.1) is 0 Å². The number of aryl methyl sites for hydroxylation is 1. The van der Waals surface area contributed by atoms with E-state index in [1.165, 1.54) is 11.3 Å². The average molecular weight is 632 g/mol. The normalized spacial score (nSPS) is 16.6. The van der Waals surface area contributed by atoms with Gasteiger partial charge in [-0.2, -0.15) is 0 Å². The number of carbonyl (C=O) groups is 1. The average Bonchev–Trinajstić information content (AvgIpc) is 3.33. The third kappa shape index (κ3) is 6.62. The Labute approximate surface area is 273 Å². The summed E-state index contributed by atoms with van der Waals surface area (Å²) in [6.45, 7) is 12.3. The van der Waals surface area contributed by atoms with Crippen molar-refractivity contribution in [1.82, 2.24) is 15.2 Å². The molecule has 4 aromatic carbocycles. The van der Waals surface area contributed by atoms with E-state index >= 15 is 0 Å². The topological polar surface area (TPSA) is 64.5 Å². The number of nitrogens with one attached hydrogen (secondary N) is 2. The smallest absolute Gasteiger partial charge is 0.250 e. The van der Waals surface area contributed by atoms with Crippen LogP contribution in [0.25, 0.3) is 10.9 Å². The van der Waals surface area contributed by atoms with Crippen molar-refractivity contribution in [2.75, 3.05) is 0 Å². The second-order valence-corrected chi connectivity index (χ2v) is 18.6. The molecule has 1 aliphatic heterocycles. The van der Waals surface area contributed by atoms with Gasteiger partial charge in [-0.3, -0.25) is 10.1 Å². The number of amides is 1.